The van der Waals surface area contributed by atoms with Crippen molar-refractivity contribution >= 4 is 23.4 Å². The van der Waals surface area contributed by atoms with Crippen molar-refractivity contribution in [3.05, 3.63) is 60.2 Å². The van der Waals surface area contributed by atoms with Gasteiger partial charge in [-0.05, 0) is 17.7 Å². The van der Waals surface area contributed by atoms with Crippen LogP contribution >= 0.6 is 11.8 Å². The molecule has 0 spiro atoms. The minimum Gasteiger partial charge on any atom is -0.496 e. The number of nitrogens with zero attached hydrogens (tertiary/aromatic N) is 2. The SMILES string of the molecule is COc1ccccc1SCC(=O)N1CCC(c2ccccc2)=N1. The van der Waals surface area contributed by atoms with E-state index in [1.54, 1.807) is 12.1 Å². The van der Waals surface area contributed by atoms with E-state index >= 15 is 0 Å². The van der Waals surface area contributed by atoms with Crippen molar-refractivity contribution in [2.24, 2.45) is 5.10 Å². The Bertz CT molecular complexity index is 716. The van der Waals surface area contributed by atoms with Crippen molar-refractivity contribution in [1.29, 1.82) is 0 Å². The summed E-state index contributed by atoms with van der Waals surface area (Å²) in [5.41, 5.74) is 2.06. The topological polar surface area (TPSA) is 41.9 Å². The number of hydrogen-bond acceptors (Lipinski definition) is 4. The third-order valence-electron chi connectivity index (χ3n) is 3.62. The molecule has 118 valence electrons. The maximum Gasteiger partial charge on any atom is 0.253 e. The first-order valence-electron chi connectivity index (χ1n) is 7.47. The van der Waals surface area contributed by atoms with Crippen molar-refractivity contribution in [1.82, 2.24) is 5.01 Å². The number of amides is 1. The number of hydrogen-bond donors (Lipinski definition) is 0. The zero-order chi connectivity index (χ0) is 16.1. The van der Waals surface area contributed by atoms with Gasteiger partial charge in [0.25, 0.3) is 5.91 Å². The lowest BCUT2D eigenvalue weighted by Gasteiger charge is -2.12. The Balaban J connectivity index is 1.62. The maximum absolute atomic E-state index is 12.4. The smallest absolute Gasteiger partial charge is 0.253 e. The second-order valence-electron chi connectivity index (χ2n) is 5.12. The van der Waals surface area contributed by atoms with Gasteiger partial charge in [0.15, 0.2) is 0 Å². The van der Waals surface area contributed by atoms with E-state index in [0.29, 0.717) is 12.3 Å². The van der Waals surface area contributed by atoms with Crippen LogP contribution < -0.4 is 4.74 Å². The first-order chi connectivity index (χ1) is 11.3. The third kappa shape index (κ3) is 3.74. The molecular weight excluding hydrogens is 308 g/mol. The molecular formula is C18H18N2O2S. The molecule has 0 bridgehead atoms. The van der Waals surface area contributed by atoms with Crippen LogP contribution in [0.15, 0.2) is 64.6 Å². The monoisotopic (exact) mass is 326 g/mol. The fraction of sp³-hybridized carbons (Fsp3) is 0.222. The van der Waals surface area contributed by atoms with Crippen LogP contribution in [0.2, 0.25) is 0 Å². The Hall–Kier alpha value is -2.27. The molecule has 1 aliphatic rings. The normalized spacial score (nSPS) is 13.8. The number of thioether (sulfide) groups is 1. The van der Waals surface area contributed by atoms with Crippen LogP contribution in [0.1, 0.15) is 12.0 Å². The Morgan fingerprint density at radius 3 is 2.70 bits per heavy atom. The number of carbonyl (C=O) groups excluding carboxylic acids is 1. The highest BCUT2D eigenvalue weighted by atomic mass is 32.2. The summed E-state index contributed by atoms with van der Waals surface area (Å²) in [6.07, 6.45) is 0.801. The fourth-order valence-corrected chi connectivity index (χ4v) is 3.32. The standard InChI is InChI=1S/C18H18N2O2S/c1-22-16-9-5-6-10-17(16)23-13-18(21)20-12-11-15(19-20)14-7-3-2-4-8-14/h2-10H,11-13H2,1H3. The summed E-state index contributed by atoms with van der Waals surface area (Å²) >= 11 is 1.48. The molecule has 2 aromatic carbocycles. The second kappa shape index (κ2) is 7.33. The van der Waals surface area contributed by atoms with Crippen LogP contribution in [0.5, 0.6) is 5.75 Å². The second-order valence-corrected chi connectivity index (χ2v) is 6.14. The molecule has 0 fully saturated rings. The molecule has 0 aromatic heterocycles. The third-order valence-corrected chi connectivity index (χ3v) is 4.66. The number of rotatable bonds is 5. The molecule has 1 aliphatic heterocycles. The van der Waals surface area contributed by atoms with Crippen LogP contribution in [0.3, 0.4) is 0 Å². The van der Waals surface area contributed by atoms with Gasteiger partial charge in [0.05, 0.1) is 25.1 Å². The van der Waals surface area contributed by atoms with E-state index in [9.17, 15) is 4.79 Å². The predicted molar refractivity (Wildman–Crippen MR) is 93.0 cm³/mol. The van der Waals surface area contributed by atoms with Gasteiger partial charge >= 0.3 is 0 Å². The molecule has 1 amide bonds. The van der Waals surface area contributed by atoms with Crippen molar-refractivity contribution < 1.29 is 9.53 Å². The number of benzene rings is 2. The van der Waals surface area contributed by atoms with Gasteiger partial charge in [0, 0.05) is 11.3 Å². The van der Waals surface area contributed by atoms with Gasteiger partial charge in [0.1, 0.15) is 5.75 Å². The molecule has 0 atom stereocenters. The van der Waals surface area contributed by atoms with E-state index in [2.05, 4.69) is 5.10 Å². The van der Waals surface area contributed by atoms with Crippen molar-refractivity contribution in [3.63, 3.8) is 0 Å². The van der Waals surface area contributed by atoms with E-state index in [0.717, 1.165) is 28.3 Å². The molecule has 0 saturated heterocycles. The van der Waals surface area contributed by atoms with E-state index in [1.165, 1.54) is 11.8 Å². The minimum absolute atomic E-state index is 0.0202. The molecule has 0 N–H and O–H groups in total. The zero-order valence-corrected chi connectivity index (χ0v) is 13.8. The van der Waals surface area contributed by atoms with Crippen LogP contribution in [0, 0.1) is 0 Å². The average molecular weight is 326 g/mol. The highest BCUT2D eigenvalue weighted by Crippen LogP contribution is 2.29. The van der Waals surface area contributed by atoms with Gasteiger partial charge in [0.2, 0.25) is 0 Å². The first-order valence-corrected chi connectivity index (χ1v) is 8.45. The largest absolute Gasteiger partial charge is 0.496 e. The lowest BCUT2D eigenvalue weighted by Crippen LogP contribution is -2.25. The van der Waals surface area contributed by atoms with Gasteiger partial charge < -0.3 is 4.74 Å². The number of para-hydroxylation sites is 1. The Kier molecular flexibility index (Phi) is 4.98. The molecule has 23 heavy (non-hydrogen) atoms. The van der Waals surface area contributed by atoms with Gasteiger partial charge in [-0.25, -0.2) is 5.01 Å². The summed E-state index contributed by atoms with van der Waals surface area (Å²) in [6, 6.07) is 17.7. The van der Waals surface area contributed by atoms with Crippen molar-refractivity contribution in [2.45, 2.75) is 11.3 Å². The summed E-state index contributed by atoms with van der Waals surface area (Å²) in [7, 11) is 1.64. The molecule has 0 aliphatic carbocycles. The van der Waals surface area contributed by atoms with E-state index in [1.807, 2.05) is 54.6 Å². The fourth-order valence-electron chi connectivity index (χ4n) is 2.42. The molecule has 3 rings (SSSR count). The van der Waals surface area contributed by atoms with Crippen LogP contribution in [-0.4, -0.2) is 36.0 Å². The summed E-state index contributed by atoms with van der Waals surface area (Å²) in [6.45, 7) is 0.648. The highest BCUT2D eigenvalue weighted by Gasteiger charge is 2.21. The van der Waals surface area contributed by atoms with Gasteiger partial charge in [-0.3, -0.25) is 4.79 Å². The number of methoxy groups -OCH3 is 1. The Labute approximate surface area is 140 Å². The first kappa shape index (κ1) is 15.6. The van der Waals surface area contributed by atoms with Crippen molar-refractivity contribution in [2.75, 3.05) is 19.4 Å². The summed E-state index contributed by atoms with van der Waals surface area (Å²) < 4.78 is 5.30. The van der Waals surface area contributed by atoms with Crippen LogP contribution in [0.4, 0.5) is 0 Å². The molecule has 4 nitrogen and oxygen atoms in total. The summed E-state index contributed by atoms with van der Waals surface area (Å²) in [5, 5.41) is 6.04. The molecule has 0 radical (unpaired) electrons. The van der Waals surface area contributed by atoms with Crippen LogP contribution in [-0.2, 0) is 4.79 Å². The van der Waals surface area contributed by atoms with Gasteiger partial charge in [-0.15, -0.1) is 11.8 Å². The van der Waals surface area contributed by atoms with Crippen molar-refractivity contribution in [3.8, 4) is 5.75 Å². The zero-order valence-electron chi connectivity index (χ0n) is 12.9. The predicted octanol–water partition coefficient (Wildman–Crippen LogP) is 3.42. The summed E-state index contributed by atoms with van der Waals surface area (Å²) in [5.74, 6) is 1.17. The molecule has 0 unspecified atom stereocenters. The lowest BCUT2D eigenvalue weighted by molar-refractivity contribution is -0.127. The van der Waals surface area contributed by atoms with Crippen LogP contribution in [0.25, 0.3) is 0 Å². The molecule has 2 aromatic rings. The Morgan fingerprint density at radius 2 is 1.91 bits per heavy atom. The van der Waals surface area contributed by atoms with Gasteiger partial charge in [-0.2, -0.15) is 5.10 Å². The average Bonchev–Trinajstić information content (AvgIpc) is 3.11. The quantitative estimate of drug-likeness (QED) is 0.791. The summed E-state index contributed by atoms with van der Waals surface area (Å²) in [4.78, 5) is 13.3. The Morgan fingerprint density at radius 1 is 1.17 bits per heavy atom. The lowest BCUT2D eigenvalue weighted by atomic mass is 10.1. The molecule has 5 heteroatoms. The highest BCUT2D eigenvalue weighted by molar-refractivity contribution is 8.00. The van der Waals surface area contributed by atoms with E-state index in [-0.39, 0.29) is 5.91 Å². The number of carbonyl (C=O) groups is 1. The minimum atomic E-state index is 0.0202. The van der Waals surface area contributed by atoms with E-state index < -0.39 is 0 Å². The molecule has 0 saturated carbocycles. The molecule has 1 heterocycles. The number of ether oxygens (including phenoxy) is 1. The van der Waals surface area contributed by atoms with E-state index in [4.69, 9.17) is 4.74 Å². The maximum atomic E-state index is 12.4. The number of hydrazone groups is 1. The van der Waals surface area contributed by atoms with Gasteiger partial charge in [-0.1, -0.05) is 42.5 Å².